The number of nitrogens with one attached hydrogen (secondary N) is 1. The Labute approximate surface area is 231 Å². The molecule has 210 valence electrons. The average Bonchev–Trinajstić information content (AvgIpc) is 3.73. The maximum atomic E-state index is 14.1. The highest BCUT2D eigenvalue weighted by Gasteiger charge is 2.51. The first-order chi connectivity index (χ1) is 19.5. The van der Waals surface area contributed by atoms with Crippen LogP contribution in [0.5, 0.6) is 11.5 Å². The van der Waals surface area contributed by atoms with E-state index in [1.54, 1.807) is 24.3 Å². The van der Waals surface area contributed by atoms with Gasteiger partial charge in [0.15, 0.2) is 17.1 Å². The van der Waals surface area contributed by atoms with Gasteiger partial charge in [0.05, 0.1) is 31.8 Å². The molecule has 3 N–H and O–H groups in total. The lowest BCUT2D eigenvalue weighted by Crippen LogP contribution is -2.57. The van der Waals surface area contributed by atoms with E-state index in [1.807, 2.05) is 30.3 Å². The molecule has 10 nitrogen and oxygen atoms in total. The monoisotopic (exact) mass is 548 g/mol. The zero-order valence-corrected chi connectivity index (χ0v) is 22.1. The highest BCUT2D eigenvalue weighted by molar-refractivity contribution is 5.99. The van der Waals surface area contributed by atoms with E-state index in [0.717, 1.165) is 18.4 Å². The molecule has 0 bridgehead atoms. The molecular weight excluding hydrogens is 516 g/mol. The number of methoxy groups -OCH3 is 1. The van der Waals surface area contributed by atoms with Crippen molar-refractivity contribution in [3.05, 3.63) is 71.5 Å². The number of rotatable bonds is 8. The molecule has 0 saturated carbocycles. The molecule has 3 heterocycles. The maximum absolute atomic E-state index is 14.1. The predicted molar refractivity (Wildman–Crippen MR) is 144 cm³/mol. The number of nitrogens with zero attached hydrogens (tertiary/aromatic N) is 1. The van der Waals surface area contributed by atoms with Crippen LogP contribution in [-0.4, -0.2) is 84.7 Å². The summed E-state index contributed by atoms with van der Waals surface area (Å²) in [5.74, 6) is -0.196. The van der Waals surface area contributed by atoms with E-state index < -0.39 is 30.1 Å². The summed E-state index contributed by atoms with van der Waals surface area (Å²) in [5.41, 5.74) is 1.61. The van der Waals surface area contributed by atoms with E-state index >= 15 is 0 Å². The molecule has 10 heteroatoms. The third-order valence-electron chi connectivity index (χ3n) is 7.86. The van der Waals surface area contributed by atoms with Gasteiger partial charge in [0, 0.05) is 36.2 Å². The second-order valence-corrected chi connectivity index (χ2v) is 10.3. The number of amides is 2. The molecule has 1 saturated heterocycles. The summed E-state index contributed by atoms with van der Waals surface area (Å²) in [5, 5.41) is 24.5. The number of aliphatic hydroxyl groups excluding tert-OH is 2. The van der Waals surface area contributed by atoms with Gasteiger partial charge in [0.1, 0.15) is 18.0 Å². The van der Waals surface area contributed by atoms with Crippen LogP contribution in [0.25, 0.3) is 11.0 Å². The van der Waals surface area contributed by atoms with Gasteiger partial charge in [-0.15, -0.1) is 0 Å². The van der Waals surface area contributed by atoms with E-state index in [4.69, 9.17) is 18.6 Å². The molecule has 1 fully saturated rings. The lowest BCUT2D eigenvalue weighted by atomic mass is 9.77. The van der Waals surface area contributed by atoms with Crippen molar-refractivity contribution in [3.8, 4) is 11.5 Å². The largest absolute Gasteiger partial charge is 0.493 e. The minimum absolute atomic E-state index is 0.0721. The molecule has 3 aliphatic rings. The molecule has 1 aromatic heterocycles. The van der Waals surface area contributed by atoms with Gasteiger partial charge in [-0.05, 0) is 37.1 Å². The smallest absolute Gasteiger partial charge is 0.290 e. The fraction of sp³-hybridized carbons (Fsp3) is 0.400. The normalized spacial score (nSPS) is 25.1. The third-order valence-corrected chi connectivity index (χ3v) is 7.86. The summed E-state index contributed by atoms with van der Waals surface area (Å²) in [7, 11) is 1.53. The topological polar surface area (TPSA) is 131 Å². The van der Waals surface area contributed by atoms with E-state index in [2.05, 4.69) is 5.32 Å². The van der Waals surface area contributed by atoms with E-state index in [0.29, 0.717) is 34.6 Å². The first-order valence-corrected chi connectivity index (χ1v) is 13.5. The van der Waals surface area contributed by atoms with Crippen molar-refractivity contribution in [2.24, 2.45) is 0 Å². The molecule has 1 aliphatic carbocycles. The standard InChI is InChI=1S/C30H32N2O8/c1-37-23-10-4-6-17-14-24(40-27(17)23)30(36)32(16-18-7-5-13-38-18)21-15-20(29(35)31-11-12-33)25-19-8-2-3-9-22(19)39-28(25)26(21)34/h2-4,6,8-10,14-15,18,21,25-26,28,33-34H,5,7,11-13,16H2,1H3,(H,31,35). The van der Waals surface area contributed by atoms with Crippen LogP contribution in [0.15, 0.2) is 64.6 Å². The van der Waals surface area contributed by atoms with Crippen molar-refractivity contribution >= 4 is 22.8 Å². The van der Waals surface area contributed by atoms with Crippen molar-refractivity contribution in [3.63, 3.8) is 0 Å². The van der Waals surface area contributed by atoms with Crippen LogP contribution in [-0.2, 0) is 9.53 Å². The number of aliphatic hydroxyl groups is 2. The Morgan fingerprint density at radius 3 is 2.80 bits per heavy atom. The molecule has 5 atom stereocenters. The van der Waals surface area contributed by atoms with E-state index in [9.17, 15) is 19.8 Å². The van der Waals surface area contributed by atoms with E-state index in [-0.39, 0.29) is 37.5 Å². The highest BCUT2D eigenvalue weighted by atomic mass is 16.5. The summed E-state index contributed by atoms with van der Waals surface area (Å²) in [4.78, 5) is 29.0. The van der Waals surface area contributed by atoms with Crippen LogP contribution < -0.4 is 14.8 Å². The van der Waals surface area contributed by atoms with Gasteiger partial charge in [-0.25, -0.2) is 0 Å². The summed E-state index contributed by atoms with van der Waals surface area (Å²) in [6.45, 7) is 0.644. The van der Waals surface area contributed by atoms with Crippen molar-refractivity contribution in [2.45, 2.75) is 43.1 Å². The second kappa shape index (κ2) is 11.0. The minimum Gasteiger partial charge on any atom is -0.493 e. The molecule has 2 aliphatic heterocycles. The molecule has 2 amide bonds. The van der Waals surface area contributed by atoms with Gasteiger partial charge >= 0.3 is 0 Å². The van der Waals surface area contributed by atoms with Crippen molar-refractivity contribution < 1.29 is 38.4 Å². The molecule has 5 unspecified atom stereocenters. The number of hydrogen-bond donors (Lipinski definition) is 3. The van der Waals surface area contributed by atoms with Crippen LogP contribution in [0.2, 0.25) is 0 Å². The number of furan rings is 1. The first-order valence-electron chi connectivity index (χ1n) is 13.5. The molecule has 40 heavy (non-hydrogen) atoms. The third kappa shape index (κ3) is 4.61. The Hall–Kier alpha value is -3.86. The first kappa shape index (κ1) is 26.4. The Morgan fingerprint density at radius 1 is 1.18 bits per heavy atom. The lowest BCUT2D eigenvalue weighted by molar-refractivity contribution is -0.118. The summed E-state index contributed by atoms with van der Waals surface area (Å²) < 4.78 is 23.5. The molecule has 6 rings (SSSR count). The van der Waals surface area contributed by atoms with Gasteiger partial charge in [-0.1, -0.05) is 30.3 Å². The van der Waals surface area contributed by atoms with Crippen molar-refractivity contribution in [2.75, 3.05) is 33.4 Å². The molecule has 3 aromatic rings. The van der Waals surface area contributed by atoms with Crippen LogP contribution in [0, 0.1) is 0 Å². The van der Waals surface area contributed by atoms with Gasteiger partial charge < -0.3 is 39.1 Å². The van der Waals surface area contributed by atoms with E-state index in [1.165, 1.54) is 12.0 Å². The maximum Gasteiger partial charge on any atom is 0.290 e. The average molecular weight is 549 g/mol. The molecule has 0 spiro atoms. The Bertz CT molecular complexity index is 1440. The minimum atomic E-state index is -1.14. The number of para-hydroxylation sites is 2. The number of benzene rings is 2. The van der Waals surface area contributed by atoms with Gasteiger partial charge in [-0.2, -0.15) is 0 Å². The number of carbonyl (C=O) groups is 2. The van der Waals surface area contributed by atoms with Crippen molar-refractivity contribution in [1.29, 1.82) is 0 Å². The highest BCUT2D eigenvalue weighted by Crippen LogP contribution is 2.47. The van der Waals surface area contributed by atoms with Crippen LogP contribution in [0.3, 0.4) is 0 Å². The second-order valence-electron chi connectivity index (χ2n) is 10.3. The number of ether oxygens (including phenoxy) is 3. The molecule has 2 aromatic carbocycles. The lowest BCUT2D eigenvalue weighted by Gasteiger charge is -2.41. The predicted octanol–water partition coefficient (Wildman–Crippen LogP) is 2.39. The fourth-order valence-electron chi connectivity index (χ4n) is 5.98. The summed E-state index contributed by atoms with van der Waals surface area (Å²) in [6, 6.07) is 13.5. The van der Waals surface area contributed by atoms with Crippen LogP contribution in [0.1, 0.15) is 34.9 Å². The number of carbonyl (C=O) groups excluding carboxylic acids is 2. The number of hydrogen-bond acceptors (Lipinski definition) is 8. The summed E-state index contributed by atoms with van der Waals surface area (Å²) >= 11 is 0. The summed E-state index contributed by atoms with van der Waals surface area (Å²) in [6.07, 6.45) is 1.13. The van der Waals surface area contributed by atoms with Gasteiger partial charge in [0.25, 0.3) is 5.91 Å². The Balaban J connectivity index is 1.42. The number of fused-ring (bicyclic) bond motifs is 4. The zero-order chi connectivity index (χ0) is 27.8. The van der Waals surface area contributed by atoms with Gasteiger partial charge in [-0.3, -0.25) is 9.59 Å². The van der Waals surface area contributed by atoms with Gasteiger partial charge in [0.2, 0.25) is 5.91 Å². The molecule has 0 radical (unpaired) electrons. The Morgan fingerprint density at radius 2 is 2.02 bits per heavy atom. The molecular formula is C30H32N2O8. The van der Waals surface area contributed by atoms with Crippen molar-refractivity contribution in [1.82, 2.24) is 10.2 Å². The Kier molecular flexibility index (Phi) is 7.22. The zero-order valence-electron chi connectivity index (χ0n) is 22.1. The fourth-order valence-corrected chi connectivity index (χ4v) is 5.98. The SMILES string of the molecule is COc1cccc2cc(C(=O)N(CC3CCCO3)C3C=C(C(=O)NCCO)C4c5ccccc5OC4C3O)oc12. The van der Waals surface area contributed by atoms with Crippen LogP contribution >= 0.6 is 0 Å². The quantitative estimate of drug-likeness (QED) is 0.391. The van der Waals surface area contributed by atoms with Crippen LogP contribution in [0.4, 0.5) is 0 Å².